The van der Waals surface area contributed by atoms with Gasteiger partial charge in [0.2, 0.25) is 5.95 Å². The lowest BCUT2D eigenvalue weighted by molar-refractivity contribution is 0.475. The van der Waals surface area contributed by atoms with E-state index in [0.717, 1.165) is 21.9 Å². The minimum atomic E-state index is 0.176. The molecule has 0 bridgehead atoms. The normalized spacial score (nSPS) is 11.1. The molecular formula is C21H16N4O. The first-order valence-corrected chi connectivity index (χ1v) is 8.18. The number of anilines is 1. The van der Waals surface area contributed by atoms with Crippen molar-refractivity contribution in [3.63, 3.8) is 0 Å². The molecule has 0 aliphatic carbocycles. The van der Waals surface area contributed by atoms with Crippen molar-refractivity contribution in [1.82, 2.24) is 9.97 Å². The van der Waals surface area contributed by atoms with Crippen molar-refractivity contribution >= 4 is 22.9 Å². The highest BCUT2D eigenvalue weighted by atomic mass is 16.3. The molecule has 1 aromatic heterocycles. The van der Waals surface area contributed by atoms with Gasteiger partial charge in [-0.1, -0.05) is 60.7 Å². The van der Waals surface area contributed by atoms with Crippen molar-refractivity contribution in [1.29, 1.82) is 0 Å². The smallest absolute Gasteiger partial charge is 0.243 e. The number of hydrogen-bond acceptors (Lipinski definition) is 5. The quantitative estimate of drug-likeness (QED) is 0.425. The van der Waals surface area contributed by atoms with Crippen molar-refractivity contribution in [3.05, 3.63) is 84.7 Å². The minimum absolute atomic E-state index is 0.176. The Labute approximate surface area is 150 Å². The van der Waals surface area contributed by atoms with E-state index < -0.39 is 0 Å². The number of phenolic OH excluding ortho intramolecular Hbond substituents is 1. The monoisotopic (exact) mass is 340 g/mol. The van der Waals surface area contributed by atoms with Gasteiger partial charge in [0, 0.05) is 23.5 Å². The number of rotatable bonds is 4. The maximum Gasteiger partial charge on any atom is 0.243 e. The van der Waals surface area contributed by atoms with Crippen LogP contribution in [0.4, 0.5) is 5.95 Å². The summed E-state index contributed by atoms with van der Waals surface area (Å²) in [6, 6.07) is 21.3. The van der Waals surface area contributed by atoms with Crippen molar-refractivity contribution in [2.75, 3.05) is 5.43 Å². The van der Waals surface area contributed by atoms with Gasteiger partial charge in [-0.3, -0.25) is 0 Å². The van der Waals surface area contributed by atoms with Crippen molar-refractivity contribution in [3.8, 4) is 16.9 Å². The molecule has 4 rings (SSSR count). The zero-order valence-electron chi connectivity index (χ0n) is 13.9. The number of aromatic nitrogens is 2. The summed E-state index contributed by atoms with van der Waals surface area (Å²) in [4.78, 5) is 8.55. The molecule has 0 fully saturated rings. The van der Waals surface area contributed by atoms with Gasteiger partial charge >= 0.3 is 0 Å². The second-order valence-electron chi connectivity index (χ2n) is 5.75. The molecule has 0 spiro atoms. The van der Waals surface area contributed by atoms with E-state index in [-0.39, 0.29) is 5.75 Å². The third-order valence-corrected chi connectivity index (χ3v) is 4.06. The lowest BCUT2D eigenvalue weighted by Crippen LogP contribution is -1.97. The van der Waals surface area contributed by atoms with E-state index in [9.17, 15) is 5.11 Å². The van der Waals surface area contributed by atoms with Crippen LogP contribution >= 0.6 is 0 Å². The average molecular weight is 340 g/mol. The second-order valence-corrected chi connectivity index (χ2v) is 5.75. The van der Waals surface area contributed by atoms with E-state index in [1.54, 1.807) is 24.7 Å². The van der Waals surface area contributed by atoms with Crippen LogP contribution in [-0.4, -0.2) is 21.3 Å². The Balaban J connectivity index is 1.54. The van der Waals surface area contributed by atoms with Crippen molar-refractivity contribution in [2.24, 2.45) is 5.10 Å². The number of phenols is 1. The second kappa shape index (κ2) is 7.03. The van der Waals surface area contributed by atoms with Gasteiger partial charge < -0.3 is 5.11 Å². The predicted molar refractivity (Wildman–Crippen MR) is 104 cm³/mol. The third-order valence-electron chi connectivity index (χ3n) is 4.06. The molecule has 0 amide bonds. The fourth-order valence-corrected chi connectivity index (χ4v) is 2.74. The Morgan fingerprint density at radius 2 is 1.54 bits per heavy atom. The fourth-order valence-electron chi connectivity index (χ4n) is 2.74. The Kier molecular flexibility index (Phi) is 4.26. The molecule has 5 nitrogen and oxygen atoms in total. The molecule has 0 unspecified atom stereocenters. The summed E-state index contributed by atoms with van der Waals surface area (Å²) in [5.74, 6) is 0.565. The van der Waals surface area contributed by atoms with Crippen LogP contribution in [0.15, 0.2) is 84.2 Å². The molecule has 26 heavy (non-hydrogen) atoms. The topological polar surface area (TPSA) is 70.4 Å². The average Bonchev–Trinajstić information content (AvgIpc) is 2.71. The van der Waals surface area contributed by atoms with E-state index in [4.69, 9.17) is 0 Å². The minimum Gasteiger partial charge on any atom is -0.507 e. The van der Waals surface area contributed by atoms with Gasteiger partial charge in [0.1, 0.15) is 5.75 Å². The largest absolute Gasteiger partial charge is 0.507 e. The van der Waals surface area contributed by atoms with Gasteiger partial charge in [-0.2, -0.15) is 5.10 Å². The first-order chi connectivity index (χ1) is 12.8. The van der Waals surface area contributed by atoms with Crippen molar-refractivity contribution in [2.45, 2.75) is 0 Å². The van der Waals surface area contributed by atoms with E-state index in [1.807, 2.05) is 60.7 Å². The van der Waals surface area contributed by atoms with E-state index in [0.29, 0.717) is 11.5 Å². The Bertz CT molecular complexity index is 1060. The maximum absolute atomic E-state index is 10.1. The van der Waals surface area contributed by atoms with Gasteiger partial charge in [0.25, 0.3) is 0 Å². The summed E-state index contributed by atoms with van der Waals surface area (Å²) < 4.78 is 0. The third kappa shape index (κ3) is 3.23. The van der Waals surface area contributed by atoms with Crippen LogP contribution in [0.3, 0.4) is 0 Å². The summed E-state index contributed by atoms with van der Waals surface area (Å²) in [6.07, 6.45) is 5.07. The molecule has 126 valence electrons. The molecule has 0 radical (unpaired) electrons. The number of nitrogens with one attached hydrogen (secondary N) is 1. The van der Waals surface area contributed by atoms with Gasteiger partial charge in [-0.15, -0.1) is 0 Å². The molecule has 5 heteroatoms. The number of hydrazone groups is 1. The molecule has 0 aliphatic rings. The first kappa shape index (κ1) is 15.8. The van der Waals surface area contributed by atoms with Gasteiger partial charge in [0.05, 0.1) is 6.21 Å². The number of benzene rings is 3. The van der Waals surface area contributed by atoms with E-state index in [2.05, 4.69) is 20.5 Å². The zero-order valence-corrected chi connectivity index (χ0v) is 13.9. The maximum atomic E-state index is 10.1. The van der Waals surface area contributed by atoms with Gasteiger partial charge in [-0.05, 0) is 22.4 Å². The molecular weight excluding hydrogens is 324 g/mol. The number of fused-ring (bicyclic) bond motifs is 1. The van der Waals surface area contributed by atoms with E-state index in [1.165, 1.54) is 0 Å². The molecule has 0 aliphatic heterocycles. The summed E-state index contributed by atoms with van der Waals surface area (Å²) in [5, 5.41) is 16.2. The van der Waals surface area contributed by atoms with Crippen LogP contribution in [0.25, 0.3) is 21.9 Å². The van der Waals surface area contributed by atoms with E-state index >= 15 is 0 Å². The zero-order chi connectivity index (χ0) is 17.8. The Hall–Kier alpha value is -3.73. The highest BCUT2D eigenvalue weighted by Crippen LogP contribution is 2.25. The predicted octanol–water partition coefficient (Wildman–Crippen LogP) is 4.45. The molecule has 0 saturated carbocycles. The Morgan fingerprint density at radius 1 is 0.808 bits per heavy atom. The fraction of sp³-hybridized carbons (Fsp3) is 0. The molecule has 3 aromatic carbocycles. The Morgan fingerprint density at radius 3 is 2.35 bits per heavy atom. The summed E-state index contributed by atoms with van der Waals surface area (Å²) in [5.41, 5.74) is 5.44. The molecule has 1 heterocycles. The lowest BCUT2D eigenvalue weighted by atomic mass is 10.0. The highest BCUT2D eigenvalue weighted by Gasteiger charge is 2.04. The number of hydrogen-bond donors (Lipinski definition) is 2. The van der Waals surface area contributed by atoms with Crippen LogP contribution in [0.5, 0.6) is 5.75 Å². The SMILES string of the molecule is Oc1ccc2ccccc2c1/C=N/Nc1ncc(-c2ccccc2)cn1. The first-order valence-electron chi connectivity index (χ1n) is 8.18. The number of nitrogens with zero attached hydrogens (tertiary/aromatic N) is 3. The molecule has 0 atom stereocenters. The summed E-state index contributed by atoms with van der Waals surface area (Å²) >= 11 is 0. The molecule has 0 saturated heterocycles. The molecule has 4 aromatic rings. The number of aromatic hydroxyl groups is 1. The van der Waals surface area contributed by atoms with Crippen LogP contribution in [0, 0.1) is 0 Å². The van der Waals surface area contributed by atoms with Gasteiger partial charge in [-0.25, -0.2) is 15.4 Å². The van der Waals surface area contributed by atoms with Crippen molar-refractivity contribution < 1.29 is 5.11 Å². The van der Waals surface area contributed by atoms with Crippen LogP contribution in [0.2, 0.25) is 0 Å². The standard InChI is InChI=1S/C21H16N4O/c26-20-11-10-16-8-4-5-9-18(16)19(20)14-24-25-21-22-12-17(13-23-21)15-6-2-1-3-7-15/h1-14,26H,(H,22,23,25)/b24-14+. The summed E-state index contributed by atoms with van der Waals surface area (Å²) in [7, 11) is 0. The molecule has 2 N–H and O–H groups in total. The highest BCUT2D eigenvalue weighted by molar-refractivity contribution is 6.02. The summed E-state index contributed by atoms with van der Waals surface area (Å²) in [6.45, 7) is 0. The van der Waals surface area contributed by atoms with Crippen LogP contribution < -0.4 is 5.43 Å². The lowest BCUT2D eigenvalue weighted by Gasteiger charge is -2.05. The van der Waals surface area contributed by atoms with Gasteiger partial charge in [0.15, 0.2) is 0 Å². The van der Waals surface area contributed by atoms with Crippen LogP contribution in [0.1, 0.15) is 5.56 Å². The van der Waals surface area contributed by atoms with Crippen LogP contribution in [-0.2, 0) is 0 Å².